The third kappa shape index (κ3) is 4.62. The third-order valence-electron chi connectivity index (χ3n) is 5.09. The summed E-state index contributed by atoms with van der Waals surface area (Å²) in [4.78, 5) is 14.7. The van der Waals surface area contributed by atoms with E-state index < -0.39 is 26.1 Å². The molecule has 2 aliphatic heterocycles. The van der Waals surface area contributed by atoms with Gasteiger partial charge in [0.1, 0.15) is 6.04 Å². The Balaban J connectivity index is 1.53. The van der Waals surface area contributed by atoms with Crippen LogP contribution in [0.15, 0.2) is 34.1 Å². The van der Waals surface area contributed by atoms with Crippen LogP contribution in [0.1, 0.15) is 12.8 Å². The van der Waals surface area contributed by atoms with Crippen molar-refractivity contribution in [3.8, 4) is 0 Å². The summed E-state index contributed by atoms with van der Waals surface area (Å²) in [7, 11) is -7.54. The topological polar surface area (TPSA) is 104 Å². The zero-order valence-corrected chi connectivity index (χ0v) is 19.0. The Kier molecular flexibility index (Phi) is 6.20. The zero-order chi connectivity index (χ0) is 20.6. The summed E-state index contributed by atoms with van der Waals surface area (Å²) < 4.78 is 54.7. The van der Waals surface area contributed by atoms with Crippen LogP contribution in [0.4, 0.5) is 0 Å². The Labute approximate surface area is 179 Å². The van der Waals surface area contributed by atoms with Gasteiger partial charge in [-0.15, -0.1) is 11.8 Å². The predicted octanol–water partition coefficient (Wildman–Crippen LogP) is 0.766. The fourth-order valence-corrected chi connectivity index (χ4v) is 8.61. The van der Waals surface area contributed by atoms with Crippen molar-refractivity contribution in [2.24, 2.45) is 0 Å². The second-order valence-corrected chi connectivity index (χ2v) is 13.0. The number of hydrogen-bond donors (Lipinski definition) is 1. The van der Waals surface area contributed by atoms with Crippen molar-refractivity contribution in [1.29, 1.82) is 0 Å². The molecule has 1 unspecified atom stereocenters. The van der Waals surface area contributed by atoms with Crippen LogP contribution in [0, 0.1) is 0 Å². The lowest BCUT2D eigenvalue weighted by molar-refractivity contribution is -0.133. The van der Waals surface area contributed by atoms with Crippen molar-refractivity contribution in [3.05, 3.63) is 24.3 Å². The highest BCUT2D eigenvalue weighted by Gasteiger charge is 2.42. The number of thioether (sulfide) groups is 2. The standard InChI is InChI=1S/C17H23N3O5S4/c21-17(19-7-9-26-10-8-19)16-11-27-12-20(16)29(24,25)15-5-3-14(4-6-15)28(22,23)18-13-1-2-13/h3-6,13,16,18H,1-2,7-12H2. The Morgan fingerprint density at radius 1 is 0.966 bits per heavy atom. The molecule has 3 fully saturated rings. The molecule has 0 aromatic heterocycles. The van der Waals surface area contributed by atoms with Crippen LogP contribution in [0.25, 0.3) is 0 Å². The van der Waals surface area contributed by atoms with Gasteiger partial charge < -0.3 is 4.90 Å². The Bertz CT molecular complexity index is 971. The molecule has 1 aromatic carbocycles. The van der Waals surface area contributed by atoms with Crippen LogP contribution in [-0.2, 0) is 24.8 Å². The maximum Gasteiger partial charge on any atom is 0.244 e. The van der Waals surface area contributed by atoms with Gasteiger partial charge in [-0.1, -0.05) is 0 Å². The summed E-state index contributed by atoms with van der Waals surface area (Å²) in [6.45, 7) is 1.28. The number of amides is 1. The number of hydrogen-bond acceptors (Lipinski definition) is 7. The number of carbonyl (C=O) groups excluding carboxylic acids is 1. The molecule has 1 N–H and O–H groups in total. The lowest BCUT2D eigenvalue weighted by atomic mass is 10.3. The zero-order valence-electron chi connectivity index (χ0n) is 15.7. The van der Waals surface area contributed by atoms with E-state index in [1.54, 1.807) is 16.7 Å². The van der Waals surface area contributed by atoms with E-state index in [0.717, 1.165) is 24.3 Å². The van der Waals surface area contributed by atoms with Crippen LogP contribution in [0.3, 0.4) is 0 Å². The minimum absolute atomic E-state index is 0.00243. The van der Waals surface area contributed by atoms with E-state index in [9.17, 15) is 21.6 Å². The molecule has 2 saturated heterocycles. The number of rotatable bonds is 6. The van der Waals surface area contributed by atoms with Gasteiger partial charge in [0.25, 0.3) is 0 Å². The van der Waals surface area contributed by atoms with Crippen LogP contribution < -0.4 is 4.72 Å². The maximum absolute atomic E-state index is 13.2. The molecule has 8 nitrogen and oxygen atoms in total. The highest BCUT2D eigenvalue weighted by Crippen LogP contribution is 2.30. The van der Waals surface area contributed by atoms with E-state index in [1.807, 2.05) is 0 Å². The highest BCUT2D eigenvalue weighted by molar-refractivity contribution is 8.00. The molecule has 160 valence electrons. The molecular formula is C17H23N3O5S4. The molecule has 3 aliphatic rings. The van der Waals surface area contributed by atoms with E-state index in [1.165, 1.54) is 40.3 Å². The normalized spacial score (nSPS) is 24.0. The number of nitrogens with zero attached hydrogens (tertiary/aromatic N) is 2. The van der Waals surface area contributed by atoms with Gasteiger partial charge >= 0.3 is 0 Å². The lowest BCUT2D eigenvalue weighted by Gasteiger charge is -2.31. The van der Waals surface area contributed by atoms with E-state index >= 15 is 0 Å². The van der Waals surface area contributed by atoms with Gasteiger partial charge in [0.05, 0.1) is 15.7 Å². The Morgan fingerprint density at radius 3 is 2.21 bits per heavy atom. The lowest BCUT2D eigenvalue weighted by Crippen LogP contribution is -2.51. The molecule has 2 heterocycles. The van der Waals surface area contributed by atoms with Gasteiger partial charge in [0.15, 0.2) is 0 Å². The second kappa shape index (κ2) is 8.39. The van der Waals surface area contributed by atoms with E-state index in [0.29, 0.717) is 18.8 Å². The summed E-state index contributed by atoms with van der Waals surface area (Å²) >= 11 is 3.20. The summed E-state index contributed by atoms with van der Waals surface area (Å²) in [5.74, 6) is 2.22. The summed E-state index contributed by atoms with van der Waals surface area (Å²) in [6.07, 6.45) is 1.65. The summed E-state index contributed by atoms with van der Waals surface area (Å²) in [5.41, 5.74) is 0. The minimum atomic E-state index is -3.90. The minimum Gasteiger partial charge on any atom is -0.340 e. The molecule has 1 aliphatic carbocycles. The van der Waals surface area contributed by atoms with Crippen molar-refractivity contribution in [1.82, 2.24) is 13.9 Å². The van der Waals surface area contributed by atoms with Crippen molar-refractivity contribution in [2.45, 2.75) is 34.7 Å². The first-order chi connectivity index (χ1) is 13.8. The van der Waals surface area contributed by atoms with Gasteiger partial charge in [-0.2, -0.15) is 16.1 Å². The van der Waals surface area contributed by atoms with Gasteiger partial charge in [0.2, 0.25) is 26.0 Å². The average molecular weight is 478 g/mol. The van der Waals surface area contributed by atoms with Crippen molar-refractivity contribution in [3.63, 3.8) is 0 Å². The van der Waals surface area contributed by atoms with Gasteiger partial charge in [-0.3, -0.25) is 4.79 Å². The van der Waals surface area contributed by atoms with Gasteiger partial charge in [-0.25, -0.2) is 21.6 Å². The molecule has 29 heavy (non-hydrogen) atoms. The number of carbonyl (C=O) groups is 1. The molecule has 12 heteroatoms. The van der Waals surface area contributed by atoms with Gasteiger partial charge in [0, 0.05) is 36.4 Å². The first-order valence-electron chi connectivity index (χ1n) is 9.37. The summed E-state index contributed by atoms with van der Waals surface area (Å²) in [5, 5.41) is 0. The van der Waals surface area contributed by atoms with E-state index in [2.05, 4.69) is 4.72 Å². The molecular weight excluding hydrogens is 454 g/mol. The largest absolute Gasteiger partial charge is 0.340 e. The van der Waals surface area contributed by atoms with E-state index in [4.69, 9.17) is 0 Å². The smallest absolute Gasteiger partial charge is 0.244 e. The fraction of sp³-hybridized carbons (Fsp3) is 0.588. The quantitative estimate of drug-likeness (QED) is 0.645. The molecule has 4 rings (SSSR count). The van der Waals surface area contributed by atoms with Crippen molar-refractivity contribution < 1.29 is 21.6 Å². The number of sulfonamides is 2. The average Bonchev–Trinajstić information content (AvgIpc) is 3.37. The Hall–Kier alpha value is -0.790. The predicted molar refractivity (Wildman–Crippen MR) is 114 cm³/mol. The fourth-order valence-electron chi connectivity index (χ4n) is 3.27. The first kappa shape index (κ1) is 21.4. The first-order valence-corrected chi connectivity index (χ1v) is 14.6. The van der Waals surface area contributed by atoms with E-state index in [-0.39, 0.29) is 27.6 Å². The van der Waals surface area contributed by atoms with Crippen LogP contribution in [0.2, 0.25) is 0 Å². The van der Waals surface area contributed by atoms with Crippen LogP contribution in [0.5, 0.6) is 0 Å². The SMILES string of the molecule is O=C(C1CSCN1S(=O)(=O)c1ccc(S(=O)(=O)NC2CC2)cc1)N1CCSCC1. The number of benzene rings is 1. The van der Waals surface area contributed by atoms with Gasteiger partial charge in [-0.05, 0) is 37.1 Å². The summed E-state index contributed by atoms with van der Waals surface area (Å²) in [6, 6.07) is 4.48. The molecule has 1 atom stereocenters. The molecule has 0 bridgehead atoms. The Morgan fingerprint density at radius 2 is 1.59 bits per heavy atom. The molecule has 1 saturated carbocycles. The molecule has 1 amide bonds. The highest BCUT2D eigenvalue weighted by atomic mass is 32.2. The van der Waals surface area contributed by atoms with Crippen LogP contribution in [-0.4, -0.2) is 80.3 Å². The third-order valence-corrected chi connectivity index (χ3v) is 10.6. The molecule has 0 radical (unpaired) electrons. The van der Waals surface area contributed by atoms with Crippen molar-refractivity contribution >= 4 is 49.5 Å². The van der Waals surface area contributed by atoms with Crippen LogP contribution >= 0.6 is 23.5 Å². The van der Waals surface area contributed by atoms with Crippen molar-refractivity contribution in [2.75, 3.05) is 36.2 Å². The maximum atomic E-state index is 13.2. The monoisotopic (exact) mass is 477 g/mol. The molecule has 0 spiro atoms. The molecule has 1 aromatic rings. The number of nitrogens with one attached hydrogen (secondary N) is 1. The second-order valence-electron chi connectivity index (χ2n) is 7.21.